The van der Waals surface area contributed by atoms with Crippen LogP contribution in [0.4, 0.5) is 4.79 Å². The molecule has 0 aromatic rings. The summed E-state index contributed by atoms with van der Waals surface area (Å²) in [5, 5.41) is 12.1. The van der Waals surface area contributed by atoms with Gasteiger partial charge in [-0.3, -0.25) is 0 Å². The molecule has 5 heteroatoms. The van der Waals surface area contributed by atoms with E-state index in [4.69, 9.17) is 4.74 Å². The number of rotatable bonds is 2. The summed E-state index contributed by atoms with van der Waals surface area (Å²) in [6, 6.07) is 0. The lowest BCUT2D eigenvalue weighted by Gasteiger charge is -2.34. The van der Waals surface area contributed by atoms with Gasteiger partial charge >= 0.3 is 12.1 Å². The SMILES string of the molecule is CC(C)(C)OC(=O)NC1(C(=O)O)CCCC2CC21. The summed E-state index contributed by atoms with van der Waals surface area (Å²) in [4.78, 5) is 23.3. The third-order valence-electron chi connectivity index (χ3n) is 3.81. The van der Waals surface area contributed by atoms with Crippen molar-refractivity contribution in [2.75, 3.05) is 0 Å². The summed E-state index contributed by atoms with van der Waals surface area (Å²) < 4.78 is 5.17. The van der Waals surface area contributed by atoms with Crippen molar-refractivity contribution in [1.82, 2.24) is 5.32 Å². The predicted molar refractivity (Wildman–Crippen MR) is 65.2 cm³/mol. The fourth-order valence-electron chi connectivity index (χ4n) is 2.96. The molecule has 2 aliphatic carbocycles. The zero-order valence-electron chi connectivity index (χ0n) is 11.2. The second-order valence-electron chi connectivity index (χ2n) is 6.40. The molecule has 0 radical (unpaired) electrons. The first kappa shape index (κ1) is 13.2. The topological polar surface area (TPSA) is 75.6 Å². The lowest BCUT2D eigenvalue weighted by molar-refractivity contribution is -0.147. The predicted octanol–water partition coefficient (Wildman–Crippen LogP) is 2.15. The van der Waals surface area contributed by atoms with E-state index in [9.17, 15) is 14.7 Å². The van der Waals surface area contributed by atoms with Gasteiger partial charge in [-0.15, -0.1) is 0 Å². The number of amides is 1. The Kier molecular flexibility index (Phi) is 3.03. The van der Waals surface area contributed by atoms with E-state index in [1.165, 1.54) is 0 Å². The molecule has 2 saturated carbocycles. The van der Waals surface area contributed by atoms with Crippen molar-refractivity contribution in [3.05, 3.63) is 0 Å². The van der Waals surface area contributed by atoms with Gasteiger partial charge in [0.15, 0.2) is 0 Å². The van der Waals surface area contributed by atoms with Crippen LogP contribution in [0.1, 0.15) is 46.5 Å². The maximum atomic E-state index is 11.8. The minimum atomic E-state index is -1.11. The van der Waals surface area contributed by atoms with Crippen molar-refractivity contribution >= 4 is 12.1 Å². The third kappa shape index (κ3) is 2.44. The Morgan fingerprint density at radius 1 is 1.39 bits per heavy atom. The van der Waals surface area contributed by atoms with Crippen LogP contribution in [0, 0.1) is 11.8 Å². The zero-order valence-corrected chi connectivity index (χ0v) is 11.2. The molecule has 2 rings (SSSR count). The monoisotopic (exact) mass is 255 g/mol. The Morgan fingerprint density at radius 2 is 2.06 bits per heavy atom. The quantitative estimate of drug-likeness (QED) is 0.792. The molecule has 0 aromatic carbocycles. The maximum Gasteiger partial charge on any atom is 0.408 e. The van der Waals surface area contributed by atoms with Gasteiger partial charge in [0.1, 0.15) is 11.1 Å². The molecular weight excluding hydrogens is 234 g/mol. The van der Waals surface area contributed by atoms with Crippen LogP contribution in [0.15, 0.2) is 0 Å². The number of hydrogen-bond donors (Lipinski definition) is 2. The smallest absolute Gasteiger partial charge is 0.408 e. The Hall–Kier alpha value is -1.26. The first-order valence-corrected chi connectivity index (χ1v) is 6.49. The van der Waals surface area contributed by atoms with Crippen LogP contribution in [-0.4, -0.2) is 28.3 Å². The van der Waals surface area contributed by atoms with Crippen LogP contribution in [-0.2, 0) is 9.53 Å². The normalized spacial score (nSPS) is 34.4. The van der Waals surface area contributed by atoms with Crippen LogP contribution >= 0.6 is 0 Å². The molecule has 102 valence electrons. The van der Waals surface area contributed by atoms with E-state index >= 15 is 0 Å². The molecule has 2 N–H and O–H groups in total. The molecule has 3 atom stereocenters. The largest absolute Gasteiger partial charge is 0.479 e. The summed E-state index contributed by atoms with van der Waals surface area (Å²) >= 11 is 0. The van der Waals surface area contributed by atoms with Crippen molar-refractivity contribution in [2.24, 2.45) is 11.8 Å². The second-order valence-corrected chi connectivity index (χ2v) is 6.40. The minimum Gasteiger partial charge on any atom is -0.479 e. The minimum absolute atomic E-state index is 0.0799. The summed E-state index contributed by atoms with van der Waals surface area (Å²) in [5.41, 5.74) is -1.72. The molecule has 0 aromatic heterocycles. The van der Waals surface area contributed by atoms with Crippen LogP contribution < -0.4 is 5.32 Å². The van der Waals surface area contributed by atoms with Gasteiger partial charge in [0.2, 0.25) is 0 Å². The molecule has 0 heterocycles. The number of carboxylic acids is 1. The number of carbonyl (C=O) groups excluding carboxylic acids is 1. The molecule has 18 heavy (non-hydrogen) atoms. The molecular formula is C13H21NO4. The van der Waals surface area contributed by atoms with Gasteiger partial charge in [-0.25, -0.2) is 9.59 Å². The van der Waals surface area contributed by atoms with Crippen LogP contribution in [0.25, 0.3) is 0 Å². The molecule has 0 aliphatic heterocycles. The number of carboxylic acid groups (broad SMARTS) is 1. The van der Waals surface area contributed by atoms with E-state index < -0.39 is 23.2 Å². The van der Waals surface area contributed by atoms with Gasteiger partial charge in [0, 0.05) is 0 Å². The highest BCUT2D eigenvalue weighted by Gasteiger charge is 2.60. The van der Waals surface area contributed by atoms with Gasteiger partial charge in [0.25, 0.3) is 0 Å². The lowest BCUT2D eigenvalue weighted by Crippen LogP contribution is -2.58. The number of carbonyl (C=O) groups is 2. The maximum absolute atomic E-state index is 11.8. The van der Waals surface area contributed by atoms with Crippen molar-refractivity contribution in [3.63, 3.8) is 0 Å². The van der Waals surface area contributed by atoms with Crippen molar-refractivity contribution in [2.45, 2.75) is 57.6 Å². The summed E-state index contributed by atoms with van der Waals surface area (Å²) in [6.07, 6.45) is 2.71. The average Bonchev–Trinajstić information content (AvgIpc) is 2.93. The van der Waals surface area contributed by atoms with Crippen molar-refractivity contribution < 1.29 is 19.4 Å². The van der Waals surface area contributed by atoms with E-state index in [0.717, 1.165) is 19.3 Å². The number of nitrogens with one attached hydrogen (secondary N) is 1. The Labute approximate surface area is 107 Å². The van der Waals surface area contributed by atoms with Crippen LogP contribution in [0.3, 0.4) is 0 Å². The first-order chi connectivity index (χ1) is 8.24. The fourth-order valence-corrected chi connectivity index (χ4v) is 2.96. The van der Waals surface area contributed by atoms with Gasteiger partial charge in [-0.05, 0) is 51.9 Å². The fraction of sp³-hybridized carbons (Fsp3) is 0.846. The van der Waals surface area contributed by atoms with Gasteiger partial charge < -0.3 is 15.2 Å². The Bertz CT molecular complexity index is 374. The molecule has 0 spiro atoms. The highest BCUT2D eigenvalue weighted by Crippen LogP contribution is 2.55. The standard InChI is InChI=1S/C13H21NO4/c1-12(2,3)18-11(17)14-13(10(15)16)6-4-5-8-7-9(8)13/h8-9H,4-7H2,1-3H3,(H,14,17)(H,15,16). The molecule has 5 nitrogen and oxygen atoms in total. The molecule has 0 bridgehead atoms. The average molecular weight is 255 g/mol. The molecule has 2 aliphatic rings. The van der Waals surface area contributed by atoms with Gasteiger partial charge in [0.05, 0.1) is 0 Å². The Morgan fingerprint density at radius 3 is 2.61 bits per heavy atom. The van der Waals surface area contributed by atoms with Gasteiger partial charge in [-0.1, -0.05) is 6.42 Å². The number of aliphatic carboxylic acids is 1. The zero-order chi connectivity index (χ0) is 13.6. The first-order valence-electron chi connectivity index (χ1n) is 6.49. The van der Waals surface area contributed by atoms with Crippen molar-refractivity contribution in [1.29, 1.82) is 0 Å². The number of fused-ring (bicyclic) bond motifs is 1. The van der Waals surface area contributed by atoms with Gasteiger partial charge in [-0.2, -0.15) is 0 Å². The van der Waals surface area contributed by atoms with Crippen molar-refractivity contribution in [3.8, 4) is 0 Å². The molecule has 0 saturated heterocycles. The van der Waals surface area contributed by atoms with E-state index in [0.29, 0.717) is 12.3 Å². The highest BCUT2D eigenvalue weighted by atomic mass is 16.6. The van der Waals surface area contributed by atoms with E-state index in [-0.39, 0.29) is 5.92 Å². The second kappa shape index (κ2) is 4.14. The molecule has 2 fully saturated rings. The molecule has 1 amide bonds. The third-order valence-corrected chi connectivity index (χ3v) is 3.81. The highest BCUT2D eigenvalue weighted by molar-refractivity contribution is 5.85. The van der Waals surface area contributed by atoms with E-state index in [1.54, 1.807) is 20.8 Å². The summed E-state index contributed by atoms with van der Waals surface area (Å²) in [5.74, 6) is -0.387. The number of ether oxygens (including phenoxy) is 1. The number of hydrogen-bond acceptors (Lipinski definition) is 3. The Balaban J connectivity index is 2.08. The van der Waals surface area contributed by atoms with Crippen LogP contribution in [0.2, 0.25) is 0 Å². The summed E-state index contributed by atoms with van der Waals surface area (Å²) in [6.45, 7) is 5.29. The van der Waals surface area contributed by atoms with E-state index in [1.807, 2.05) is 0 Å². The lowest BCUT2D eigenvalue weighted by atomic mass is 9.81. The number of alkyl carbamates (subject to hydrolysis) is 1. The summed E-state index contributed by atoms with van der Waals surface area (Å²) in [7, 11) is 0. The van der Waals surface area contributed by atoms with Crippen LogP contribution in [0.5, 0.6) is 0 Å². The van der Waals surface area contributed by atoms with E-state index in [2.05, 4.69) is 5.32 Å². The molecule has 3 unspecified atom stereocenters.